The summed E-state index contributed by atoms with van der Waals surface area (Å²) in [5, 5.41) is 0.133. The van der Waals surface area contributed by atoms with Gasteiger partial charge in [-0.3, -0.25) is 9.78 Å². The summed E-state index contributed by atoms with van der Waals surface area (Å²) in [6.07, 6.45) is -3.47. The van der Waals surface area contributed by atoms with Gasteiger partial charge in [0.15, 0.2) is 11.5 Å². The number of benzene rings is 1. The Hall–Kier alpha value is -2.09. The number of carbonyl (C=O) groups is 1. The van der Waals surface area contributed by atoms with Gasteiger partial charge >= 0.3 is 6.18 Å². The Kier molecular flexibility index (Phi) is 5.82. The Morgan fingerprint density at radius 2 is 2.04 bits per heavy atom. The summed E-state index contributed by atoms with van der Waals surface area (Å²) in [5.74, 6) is 0.402. The minimum atomic E-state index is -4.55. The van der Waals surface area contributed by atoms with E-state index in [0.717, 1.165) is 6.20 Å². The molecule has 0 bridgehead atoms. The molecule has 1 aromatic heterocycles. The smallest absolute Gasteiger partial charge is 0.433 e. The van der Waals surface area contributed by atoms with Crippen LogP contribution in [0.5, 0.6) is 11.5 Å². The standard InChI is InChI=1S/C16H13BrF3NO3/c1-23-14-7-11(4-5-12(14)13(22)8-17)24-9-10-3-2-6-21-15(10)16(18,19)20/h2-7H,8-9H2,1H3. The first-order chi connectivity index (χ1) is 11.4. The number of ether oxygens (including phenoxy) is 2. The van der Waals surface area contributed by atoms with E-state index in [2.05, 4.69) is 20.9 Å². The molecule has 0 saturated carbocycles. The summed E-state index contributed by atoms with van der Waals surface area (Å²) in [6, 6.07) is 7.18. The van der Waals surface area contributed by atoms with E-state index < -0.39 is 11.9 Å². The number of nitrogens with zero attached hydrogens (tertiary/aromatic N) is 1. The van der Waals surface area contributed by atoms with Gasteiger partial charge in [0.25, 0.3) is 0 Å². The number of aromatic nitrogens is 1. The predicted molar refractivity (Wildman–Crippen MR) is 84.7 cm³/mol. The molecule has 0 N–H and O–H groups in total. The molecule has 2 aromatic rings. The van der Waals surface area contributed by atoms with Gasteiger partial charge in [0, 0.05) is 17.8 Å². The molecule has 1 aromatic carbocycles. The molecule has 4 nitrogen and oxygen atoms in total. The van der Waals surface area contributed by atoms with E-state index in [0.29, 0.717) is 11.3 Å². The second kappa shape index (κ2) is 7.65. The molecule has 0 aliphatic carbocycles. The molecule has 0 radical (unpaired) electrons. The summed E-state index contributed by atoms with van der Waals surface area (Å²) in [7, 11) is 1.40. The maximum Gasteiger partial charge on any atom is 0.433 e. The van der Waals surface area contributed by atoms with Crippen LogP contribution in [-0.4, -0.2) is 23.2 Å². The molecule has 0 saturated heterocycles. The third-order valence-electron chi connectivity index (χ3n) is 3.15. The van der Waals surface area contributed by atoms with Crippen molar-refractivity contribution in [3.63, 3.8) is 0 Å². The van der Waals surface area contributed by atoms with Crippen LogP contribution in [0, 0.1) is 0 Å². The zero-order valence-corrected chi connectivity index (χ0v) is 14.1. The van der Waals surface area contributed by atoms with Gasteiger partial charge in [0.05, 0.1) is 18.0 Å². The van der Waals surface area contributed by atoms with Crippen molar-refractivity contribution in [2.45, 2.75) is 12.8 Å². The van der Waals surface area contributed by atoms with Crippen LogP contribution in [0.1, 0.15) is 21.6 Å². The largest absolute Gasteiger partial charge is 0.496 e. The number of ketones is 1. The lowest BCUT2D eigenvalue weighted by atomic mass is 10.1. The fourth-order valence-electron chi connectivity index (χ4n) is 2.04. The maximum atomic E-state index is 12.9. The van der Waals surface area contributed by atoms with Crippen molar-refractivity contribution in [2.24, 2.45) is 0 Å². The van der Waals surface area contributed by atoms with E-state index in [1.54, 1.807) is 0 Å². The summed E-state index contributed by atoms with van der Waals surface area (Å²) >= 11 is 3.07. The third-order valence-corrected chi connectivity index (χ3v) is 3.66. The van der Waals surface area contributed by atoms with Gasteiger partial charge in [-0.15, -0.1) is 0 Å². The van der Waals surface area contributed by atoms with E-state index in [1.807, 2.05) is 0 Å². The van der Waals surface area contributed by atoms with Crippen molar-refractivity contribution in [3.05, 3.63) is 53.3 Å². The maximum absolute atomic E-state index is 12.9. The Balaban J connectivity index is 2.20. The van der Waals surface area contributed by atoms with Gasteiger partial charge in [-0.05, 0) is 18.2 Å². The molecule has 8 heteroatoms. The molecule has 0 aliphatic rings. The van der Waals surface area contributed by atoms with Crippen molar-refractivity contribution in [2.75, 3.05) is 12.4 Å². The van der Waals surface area contributed by atoms with Crippen LogP contribution in [0.4, 0.5) is 13.2 Å². The van der Waals surface area contributed by atoms with Crippen molar-refractivity contribution in [3.8, 4) is 11.5 Å². The van der Waals surface area contributed by atoms with Crippen LogP contribution in [0.2, 0.25) is 0 Å². The van der Waals surface area contributed by atoms with Crippen LogP contribution in [0.25, 0.3) is 0 Å². The number of rotatable bonds is 6. The SMILES string of the molecule is COc1cc(OCc2cccnc2C(F)(F)F)ccc1C(=O)CBr. The van der Waals surface area contributed by atoms with Crippen LogP contribution < -0.4 is 9.47 Å². The number of alkyl halides is 4. The number of hydrogen-bond donors (Lipinski definition) is 0. The van der Waals surface area contributed by atoms with Crippen LogP contribution >= 0.6 is 15.9 Å². The van der Waals surface area contributed by atoms with E-state index >= 15 is 0 Å². The van der Waals surface area contributed by atoms with Crippen LogP contribution in [0.3, 0.4) is 0 Å². The molecular weight excluding hydrogens is 391 g/mol. The average molecular weight is 404 g/mol. The molecule has 0 unspecified atom stereocenters. The minimum Gasteiger partial charge on any atom is -0.496 e. The highest BCUT2D eigenvalue weighted by molar-refractivity contribution is 9.09. The third kappa shape index (κ3) is 4.25. The summed E-state index contributed by atoms with van der Waals surface area (Å²) < 4.78 is 49.2. The first-order valence-corrected chi connectivity index (χ1v) is 7.90. The lowest BCUT2D eigenvalue weighted by molar-refractivity contribution is -0.142. The van der Waals surface area contributed by atoms with Gasteiger partial charge in [-0.2, -0.15) is 13.2 Å². The highest BCUT2D eigenvalue weighted by Gasteiger charge is 2.35. The predicted octanol–water partition coefficient (Wildman–Crippen LogP) is 4.27. The molecule has 0 spiro atoms. The molecular formula is C16H13BrF3NO3. The summed E-state index contributed by atoms with van der Waals surface area (Å²) in [4.78, 5) is 15.1. The normalized spacial score (nSPS) is 11.2. The highest BCUT2D eigenvalue weighted by atomic mass is 79.9. The summed E-state index contributed by atoms with van der Waals surface area (Å²) in [5.41, 5.74) is -0.702. The molecule has 128 valence electrons. The molecule has 0 amide bonds. The van der Waals surface area contributed by atoms with Crippen LogP contribution in [-0.2, 0) is 12.8 Å². The Morgan fingerprint density at radius 3 is 2.67 bits per heavy atom. The number of methoxy groups -OCH3 is 1. The fourth-order valence-corrected chi connectivity index (χ4v) is 2.34. The number of pyridine rings is 1. The lowest BCUT2D eigenvalue weighted by Crippen LogP contribution is -2.13. The van der Waals surface area contributed by atoms with Crippen molar-refractivity contribution in [1.82, 2.24) is 4.98 Å². The van der Waals surface area contributed by atoms with E-state index in [4.69, 9.17) is 9.47 Å². The van der Waals surface area contributed by atoms with E-state index in [1.165, 1.54) is 37.4 Å². The Labute approximate surface area is 144 Å². The average Bonchev–Trinajstić information content (AvgIpc) is 2.58. The zero-order chi connectivity index (χ0) is 17.7. The molecule has 1 heterocycles. The quantitative estimate of drug-likeness (QED) is 0.533. The first kappa shape index (κ1) is 18.3. The Morgan fingerprint density at radius 1 is 1.29 bits per heavy atom. The molecule has 0 fully saturated rings. The molecule has 24 heavy (non-hydrogen) atoms. The summed E-state index contributed by atoms with van der Waals surface area (Å²) in [6.45, 7) is -0.308. The van der Waals surface area contributed by atoms with Crippen molar-refractivity contribution < 1.29 is 27.4 Å². The van der Waals surface area contributed by atoms with Gasteiger partial charge in [0.1, 0.15) is 18.1 Å². The topological polar surface area (TPSA) is 48.4 Å². The van der Waals surface area contributed by atoms with E-state index in [9.17, 15) is 18.0 Å². The van der Waals surface area contributed by atoms with Gasteiger partial charge in [-0.1, -0.05) is 22.0 Å². The fraction of sp³-hybridized carbons (Fsp3) is 0.250. The second-order valence-electron chi connectivity index (χ2n) is 4.72. The zero-order valence-electron chi connectivity index (χ0n) is 12.6. The van der Waals surface area contributed by atoms with Crippen molar-refractivity contribution in [1.29, 1.82) is 0 Å². The first-order valence-electron chi connectivity index (χ1n) is 6.78. The minimum absolute atomic E-state index is 0.0791. The molecule has 0 atom stereocenters. The Bertz CT molecular complexity index is 735. The highest BCUT2D eigenvalue weighted by Crippen LogP contribution is 2.31. The number of carbonyl (C=O) groups excluding carboxylic acids is 1. The number of halogens is 4. The lowest BCUT2D eigenvalue weighted by Gasteiger charge is -2.13. The van der Waals surface area contributed by atoms with Crippen LogP contribution in [0.15, 0.2) is 36.5 Å². The van der Waals surface area contributed by atoms with Gasteiger partial charge in [0.2, 0.25) is 0 Å². The number of Topliss-reactive ketones (excluding diaryl/α,β-unsaturated/α-hetero) is 1. The van der Waals surface area contributed by atoms with Crippen molar-refractivity contribution >= 4 is 21.7 Å². The molecule has 2 rings (SSSR count). The second-order valence-corrected chi connectivity index (χ2v) is 5.28. The van der Waals surface area contributed by atoms with E-state index in [-0.39, 0.29) is 29.0 Å². The van der Waals surface area contributed by atoms with Gasteiger partial charge in [-0.25, -0.2) is 0 Å². The van der Waals surface area contributed by atoms with Gasteiger partial charge < -0.3 is 9.47 Å². The monoisotopic (exact) mass is 403 g/mol. The molecule has 0 aliphatic heterocycles. The number of hydrogen-bond acceptors (Lipinski definition) is 4.